The number of amides is 1. The highest BCUT2D eigenvalue weighted by Gasteiger charge is 2.13. The van der Waals surface area contributed by atoms with Crippen LogP contribution in [-0.2, 0) is 4.79 Å². The number of hydrogen-bond donors (Lipinski definition) is 3. The summed E-state index contributed by atoms with van der Waals surface area (Å²) in [6.45, 7) is 4.22. The lowest BCUT2D eigenvalue weighted by molar-refractivity contribution is -0.117. The predicted molar refractivity (Wildman–Crippen MR) is 56.5 cm³/mol. The summed E-state index contributed by atoms with van der Waals surface area (Å²) in [5, 5.41) is 12.4. The Kier molecular flexibility index (Phi) is 3.31. The average Bonchev–Trinajstić information content (AvgIpc) is 2.71. The molecule has 1 saturated heterocycles. The number of piperazine rings is 1. The first-order chi connectivity index (χ1) is 7.34. The molecule has 0 radical (unpaired) electrons. The van der Waals surface area contributed by atoms with Gasteiger partial charge >= 0.3 is 0 Å². The van der Waals surface area contributed by atoms with E-state index >= 15 is 0 Å². The first-order valence-electron chi connectivity index (χ1n) is 5.06. The number of aromatic nitrogens is 2. The van der Waals surface area contributed by atoms with E-state index in [1.165, 1.54) is 0 Å². The highest BCUT2D eigenvalue weighted by molar-refractivity contribution is 5.91. The summed E-state index contributed by atoms with van der Waals surface area (Å²) in [4.78, 5) is 13.7. The molecule has 0 aromatic carbocycles. The number of nitrogens with zero attached hydrogens (tertiary/aromatic N) is 2. The third-order valence-electron chi connectivity index (χ3n) is 2.36. The van der Waals surface area contributed by atoms with Crippen molar-refractivity contribution in [2.45, 2.75) is 0 Å². The minimum Gasteiger partial charge on any atom is -0.322 e. The van der Waals surface area contributed by atoms with Crippen molar-refractivity contribution in [1.29, 1.82) is 0 Å². The second kappa shape index (κ2) is 4.90. The Labute approximate surface area is 88.0 Å². The smallest absolute Gasteiger partial charge is 0.238 e. The van der Waals surface area contributed by atoms with Gasteiger partial charge in [0.1, 0.15) is 0 Å². The van der Waals surface area contributed by atoms with Gasteiger partial charge in [0.05, 0.1) is 18.4 Å². The molecule has 0 spiro atoms. The topological polar surface area (TPSA) is 73.1 Å². The Hall–Kier alpha value is -1.40. The van der Waals surface area contributed by atoms with Crippen LogP contribution in [0.25, 0.3) is 0 Å². The van der Waals surface area contributed by atoms with Crippen molar-refractivity contribution in [3.8, 4) is 0 Å². The Morgan fingerprint density at radius 3 is 3.00 bits per heavy atom. The van der Waals surface area contributed by atoms with Gasteiger partial charge in [-0.15, -0.1) is 0 Å². The monoisotopic (exact) mass is 209 g/mol. The van der Waals surface area contributed by atoms with Crippen LogP contribution in [0.5, 0.6) is 0 Å². The summed E-state index contributed by atoms with van der Waals surface area (Å²) in [6.07, 6.45) is 3.26. The first-order valence-corrected chi connectivity index (χ1v) is 5.06. The molecule has 2 heterocycles. The van der Waals surface area contributed by atoms with E-state index < -0.39 is 0 Å². The number of anilines is 1. The number of aromatic amines is 1. The van der Waals surface area contributed by atoms with Crippen molar-refractivity contribution in [3.05, 3.63) is 12.4 Å². The van der Waals surface area contributed by atoms with Gasteiger partial charge in [-0.3, -0.25) is 14.8 Å². The summed E-state index contributed by atoms with van der Waals surface area (Å²) >= 11 is 0. The van der Waals surface area contributed by atoms with Crippen LogP contribution in [0.1, 0.15) is 0 Å². The molecular formula is C9H15N5O. The Morgan fingerprint density at radius 1 is 1.53 bits per heavy atom. The molecule has 0 atom stereocenters. The first kappa shape index (κ1) is 10.1. The number of hydrogen-bond acceptors (Lipinski definition) is 4. The van der Waals surface area contributed by atoms with Crippen LogP contribution >= 0.6 is 0 Å². The third-order valence-corrected chi connectivity index (χ3v) is 2.36. The summed E-state index contributed by atoms with van der Waals surface area (Å²) in [7, 11) is 0. The number of rotatable bonds is 3. The van der Waals surface area contributed by atoms with Crippen LogP contribution in [0.2, 0.25) is 0 Å². The van der Waals surface area contributed by atoms with Crippen LogP contribution < -0.4 is 10.6 Å². The van der Waals surface area contributed by atoms with Gasteiger partial charge in [-0.25, -0.2) is 0 Å². The van der Waals surface area contributed by atoms with Gasteiger partial charge in [-0.05, 0) is 0 Å². The zero-order valence-electron chi connectivity index (χ0n) is 8.49. The van der Waals surface area contributed by atoms with Crippen molar-refractivity contribution in [2.75, 3.05) is 38.0 Å². The van der Waals surface area contributed by atoms with Gasteiger partial charge < -0.3 is 10.6 Å². The number of carbonyl (C=O) groups is 1. The SMILES string of the molecule is O=C(CN1CCNCC1)Nc1cn[nH]c1. The Balaban J connectivity index is 1.76. The van der Waals surface area contributed by atoms with Crippen molar-refractivity contribution in [2.24, 2.45) is 0 Å². The van der Waals surface area contributed by atoms with Gasteiger partial charge in [0.25, 0.3) is 0 Å². The molecule has 0 aliphatic carbocycles. The van der Waals surface area contributed by atoms with E-state index in [2.05, 4.69) is 25.7 Å². The molecule has 0 bridgehead atoms. The maximum Gasteiger partial charge on any atom is 0.238 e. The van der Waals surface area contributed by atoms with E-state index in [-0.39, 0.29) is 5.91 Å². The lowest BCUT2D eigenvalue weighted by atomic mass is 10.3. The summed E-state index contributed by atoms with van der Waals surface area (Å²) in [6, 6.07) is 0. The second-order valence-electron chi connectivity index (χ2n) is 3.56. The standard InChI is InChI=1S/C9H15N5O/c15-9(13-8-5-11-12-6-8)7-14-3-1-10-2-4-14/h5-6,10H,1-4,7H2,(H,11,12)(H,13,15). The highest BCUT2D eigenvalue weighted by atomic mass is 16.2. The van der Waals surface area contributed by atoms with E-state index in [0.29, 0.717) is 6.54 Å². The van der Waals surface area contributed by atoms with Gasteiger partial charge in [0.15, 0.2) is 0 Å². The molecule has 1 aromatic heterocycles. The van der Waals surface area contributed by atoms with Crippen LogP contribution in [0, 0.1) is 0 Å². The van der Waals surface area contributed by atoms with E-state index in [1.54, 1.807) is 12.4 Å². The van der Waals surface area contributed by atoms with Crippen molar-refractivity contribution in [3.63, 3.8) is 0 Å². The molecule has 3 N–H and O–H groups in total. The molecule has 0 saturated carbocycles. The normalized spacial score (nSPS) is 17.6. The molecule has 1 aliphatic heterocycles. The fraction of sp³-hybridized carbons (Fsp3) is 0.556. The molecule has 82 valence electrons. The number of carbonyl (C=O) groups excluding carboxylic acids is 1. The summed E-state index contributed by atoms with van der Waals surface area (Å²) < 4.78 is 0. The largest absolute Gasteiger partial charge is 0.322 e. The molecule has 1 aromatic rings. The van der Waals surface area contributed by atoms with Gasteiger partial charge in [0, 0.05) is 32.4 Å². The molecule has 2 rings (SSSR count). The minimum atomic E-state index is 0.0123. The maximum atomic E-state index is 11.6. The quantitative estimate of drug-likeness (QED) is 0.612. The number of nitrogens with one attached hydrogen (secondary N) is 3. The van der Waals surface area contributed by atoms with Crippen LogP contribution in [0.4, 0.5) is 5.69 Å². The zero-order chi connectivity index (χ0) is 10.5. The average molecular weight is 209 g/mol. The van der Waals surface area contributed by atoms with Gasteiger partial charge in [-0.2, -0.15) is 5.10 Å². The molecule has 6 heteroatoms. The third kappa shape index (κ3) is 3.03. The number of H-pyrrole nitrogens is 1. The zero-order valence-corrected chi connectivity index (χ0v) is 8.49. The van der Waals surface area contributed by atoms with Crippen LogP contribution in [0.15, 0.2) is 12.4 Å². The lowest BCUT2D eigenvalue weighted by Crippen LogP contribution is -2.46. The van der Waals surface area contributed by atoms with E-state index in [9.17, 15) is 4.79 Å². The fourth-order valence-electron chi connectivity index (χ4n) is 1.59. The molecule has 15 heavy (non-hydrogen) atoms. The maximum absolute atomic E-state index is 11.6. The lowest BCUT2D eigenvalue weighted by Gasteiger charge is -2.26. The Morgan fingerprint density at radius 2 is 2.33 bits per heavy atom. The molecule has 1 fully saturated rings. The fourth-order valence-corrected chi connectivity index (χ4v) is 1.59. The van der Waals surface area contributed by atoms with Gasteiger partial charge in [-0.1, -0.05) is 0 Å². The van der Waals surface area contributed by atoms with Crippen LogP contribution in [0.3, 0.4) is 0 Å². The van der Waals surface area contributed by atoms with E-state index in [1.807, 2.05) is 0 Å². The molecule has 1 amide bonds. The van der Waals surface area contributed by atoms with Crippen molar-refractivity contribution in [1.82, 2.24) is 20.4 Å². The minimum absolute atomic E-state index is 0.0123. The van der Waals surface area contributed by atoms with Crippen LogP contribution in [-0.4, -0.2) is 53.7 Å². The van der Waals surface area contributed by atoms with Crippen molar-refractivity contribution >= 4 is 11.6 Å². The molecular weight excluding hydrogens is 194 g/mol. The highest BCUT2D eigenvalue weighted by Crippen LogP contribution is 2.01. The summed E-state index contributed by atoms with van der Waals surface area (Å²) in [5.41, 5.74) is 0.718. The Bertz CT molecular complexity index is 304. The van der Waals surface area contributed by atoms with Crippen molar-refractivity contribution < 1.29 is 4.79 Å². The molecule has 1 aliphatic rings. The second-order valence-corrected chi connectivity index (χ2v) is 3.56. The van der Waals surface area contributed by atoms with Gasteiger partial charge in [0.2, 0.25) is 5.91 Å². The molecule has 0 unspecified atom stereocenters. The van der Waals surface area contributed by atoms with E-state index in [0.717, 1.165) is 31.9 Å². The summed E-state index contributed by atoms with van der Waals surface area (Å²) in [5.74, 6) is 0.0123. The van der Waals surface area contributed by atoms with E-state index in [4.69, 9.17) is 0 Å². The predicted octanol–water partition coefficient (Wildman–Crippen LogP) is -0.747. The molecule has 6 nitrogen and oxygen atoms in total.